The van der Waals surface area contributed by atoms with E-state index in [0.29, 0.717) is 13.1 Å². The topological polar surface area (TPSA) is 72.6 Å². The van der Waals surface area contributed by atoms with Crippen LogP contribution in [0.2, 0.25) is 0 Å². The van der Waals surface area contributed by atoms with Crippen LogP contribution in [0, 0.1) is 0 Å². The summed E-state index contributed by atoms with van der Waals surface area (Å²) < 4.78 is 22.7. The van der Waals surface area contributed by atoms with E-state index < -0.39 is 10.0 Å². The smallest absolute Gasteiger partial charge is 0.211 e. The number of nitrogens with two attached hydrogens (primary N) is 1. The van der Waals surface area contributed by atoms with Crippen LogP contribution >= 0.6 is 0 Å². The molecule has 0 spiro atoms. The molecule has 0 radical (unpaired) electrons. The van der Waals surface area contributed by atoms with Crippen LogP contribution in [0.15, 0.2) is 0 Å². The molecule has 0 atom stereocenters. The Morgan fingerprint density at radius 2 is 2.10 bits per heavy atom. The molecule has 0 aliphatic carbocycles. The Morgan fingerprint density at radius 3 is 2.40 bits per heavy atom. The summed E-state index contributed by atoms with van der Waals surface area (Å²) in [5, 5.41) is 0. The molecule has 2 N–H and O–H groups in total. The second-order valence-corrected chi connectivity index (χ2v) is 4.32. The number of nitrogens with zero attached hydrogens (tertiary/aromatic N) is 1. The molecule has 0 aromatic carbocycles. The summed E-state index contributed by atoms with van der Waals surface area (Å²) in [7, 11) is -3.01. The lowest BCUT2D eigenvalue weighted by atomic mass is 10.2. The molecule has 0 aromatic heterocycles. The SMILES string of the molecule is CS(=O)(=O)N1CC(ON)C1. The van der Waals surface area contributed by atoms with Gasteiger partial charge >= 0.3 is 0 Å². The van der Waals surface area contributed by atoms with Crippen molar-refractivity contribution in [3.05, 3.63) is 0 Å². The van der Waals surface area contributed by atoms with Crippen LogP contribution in [0.4, 0.5) is 0 Å². The maximum atomic E-state index is 10.7. The Labute approximate surface area is 59.8 Å². The van der Waals surface area contributed by atoms with E-state index in [4.69, 9.17) is 5.90 Å². The molecule has 1 heterocycles. The van der Waals surface area contributed by atoms with Crippen molar-refractivity contribution in [1.29, 1.82) is 0 Å². The molecule has 0 bridgehead atoms. The van der Waals surface area contributed by atoms with Gasteiger partial charge in [-0.1, -0.05) is 0 Å². The zero-order chi connectivity index (χ0) is 7.78. The minimum atomic E-state index is -3.01. The first-order valence-corrected chi connectivity index (χ1v) is 4.69. The van der Waals surface area contributed by atoms with Gasteiger partial charge in [0.2, 0.25) is 10.0 Å². The van der Waals surface area contributed by atoms with Gasteiger partial charge in [0, 0.05) is 13.1 Å². The van der Waals surface area contributed by atoms with E-state index in [1.807, 2.05) is 0 Å². The fourth-order valence-corrected chi connectivity index (χ4v) is 1.63. The maximum Gasteiger partial charge on any atom is 0.211 e. The van der Waals surface area contributed by atoms with E-state index in [2.05, 4.69) is 4.84 Å². The number of sulfonamides is 1. The summed E-state index contributed by atoms with van der Waals surface area (Å²) in [5.74, 6) is 4.82. The van der Waals surface area contributed by atoms with E-state index in [-0.39, 0.29) is 6.10 Å². The Kier molecular flexibility index (Phi) is 1.95. The quantitative estimate of drug-likeness (QED) is 0.508. The normalized spacial score (nSPS) is 22.6. The van der Waals surface area contributed by atoms with Crippen molar-refractivity contribution in [3.63, 3.8) is 0 Å². The average Bonchev–Trinajstić information content (AvgIpc) is 1.57. The standard InChI is InChI=1S/C4H10N2O3S/c1-10(7,8)6-2-4(3-6)9-5/h4H,2-3,5H2,1H3. The third-order valence-corrected chi connectivity index (χ3v) is 2.71. The largest absolute Gasteiger partial charge is 0.299 e. The van der Waals surface area contributed by atoms with Gasteiger partial charge in [-0.15, -0.1) is 0 Å². The van der Waals surface area contributed by atoms with Crippen LogP contribution in [0.25, 0.3) is 0 Å². The van der Waals surface area contributed by atoms with Gasteiger partial charge in [0.1, 0.15) is 6.10 Å². The van der Waals surface area contributed by atoms with Crippen molar-refractivity contribution in [2.45, 2.75) is 6.10 Å². The van der Waals surface area contributed by atoms with Crippen molar-refractivity contribution in [3.8, 4) is 0 Å². The van der Waals surface area contributed by atoms with Crippen LogP contribution < -0.4 is 5.90 Å². The van der Waals surface area contributed by atoms with Gasteiger partial charge in [-0.05, 0) is 0 Å². The predicted molar refractivity (Wildman–Crippen MR) is 35.5 cm³/mol. The summed E-state index contributed by atoms with van der Waals surface area (Å²) in [6.07, 6.45) is 1.05. The molecule has 0 amide bonds. The van der Waals surface area contributed by atoms with E-state index in [0.717, 1.165) is 0 Å². The molecule has 0 aromatic rings. The molecule has 1 rings (SSSR count). The Bertz CT molecular complexity index is 207. The van der Waals surface area contributed by atoms with Gasteiger partial charge in [0.15, 0.2) is 0 Å². The van der Waals surface area contributed by atoms with Crippen molar-refractivity contribution in [1.82, 2.24) is 4.31 Å². The third-order valence-electron chi connectivity index (χ3n) is 1.48. The van der Waals surface area contributed by atoms with E-state index in [9.17, 15) is 8.42 Å². The number of hydrogen-bond donors (Lipinski definition) is 1. The van der Waals surface area contributed by atoms with Crippen LogP contribution in [0.3, 0.4) is 0 Å². The minimum Gasteiger partial charge on any atom is -0.299 e. The molecule has 1 aliphatic rings. The van der Waals surface area contributed by atoms with Crippen LogP contribution in [0.5, 0.6) is 0 Å². The average molecular weight is 166 g/mol. The highest BCUT2D eigenvalue weighted by Gasteiger charge is 2.33. The van der Waals surface area contributed by atoms with Gasteiger partial charge < -0.3 is 0 Å². The molecule has 0 unspecified atom stereocenters. The maximum absolute atomic E-state index is 10.7. The van der Waals surface area contributed by atoms with E-state index in [1.54, 1.807) is 0 Å². The second-order valence-electron chi connectivity index (χ2n) is 2.34. The fourth-order valence-electron chi connectivity index (χ4n) is 0.758. The highest BCUT2D eigenvalue weighted by molar-refractivity contribution is 7.88. The van der Waals surface area contributed by atoms with Crippen LogP contribution in [-0.4, -0.2) is 38.2 Å². The summed E-state index contributed by atoms with van der Waals surface area (Å²) >= 11 is 0. The molecule has 0 saturated carbocycles. The molecule has 5 nitrogen and oxygen atoms in total. The van der Waals surface area contributed by atoms with Crippen LogP contribution in [0.1, 0.15) is 0 Å². The Morgan fingerprint density at radius 1 is 1.60 bits per heavy atom. The second kappa shape index (κ2) is 2.46. The highest BCUT2D eigenvalue weighted by atomic mass is 32.2. The van der Waals surface area contributed by atoms with Crippen molar-refractivity contribution in [2.75, 3.05) is 19.3 Å². The minimum absolute atomic E-state index is 0.116. The fraction of sp³-hybridized carbons (Fsp3) is 1.00. The van der Waals surface area contributed by atoms with Gasteiger partial charge in [-0.25, -0.2) is 14.3 Å². The zero-order valence-corrected chi connectivity index (χ0v) is 6.47. The molecule has 1 saturated heterocycles. The van der Waals surface area contributed by atoms with Gasteiger partial charge in [-0.3, -0.25) is 4.84 Å². The molecule has 1 fully saturated rings. The monoisotopic (exact) mass is 166 g/mol. The van der Waals surface area contributed by atoms with Crippen molar-refractivity contribution < 1.29 is 13.3 Å². The number of rotatable bonds is 2. The number of hydrogen-bond acceptors (Lipinski definition) is 4. The Balaban J connectivity index is 2.41. The summed E-state index contributed by atoms with van der Waals surface area (Å²) in [4.78, 5) is 4.41. The third kappa shape index (κ3) is 1.46. The first-order chi connectivity index (χ1) is 4.54. The molecular weight excluding hydrogens is 156 g/mol. The summed E-state index contributed by atoms with van der Waals surface area (Å²) in [6, 6.07) is 0. The molecule has 10 heavy (non-hydrogen) atoms. The highest BCUT2D eigenvalue weighted by Crippen LogP contribution is 2.12. The van der Waals surface area contributed by atoms with Gasteiger partial charge in [0.05, 0.1) is 6.26 Å². The molecule has 6 heteroatoms. The summed E-state index contributed by atoms with van der Waals surface area (Å²) in [6.45, 7) is 0.769. The first kappa shape index (κ1) is 7.93. The molecule has 60 valence electrons. The van der Waals surface area contributed by atoms with Gasteiger partial charge in [-0.2, -0.15) is 4.31 Å². The predicted octanol–water partition coefficient (Wildman–Crippen LogP) is -1.48. The van der Waals surface area contributed by atoms with Gasteiger partial charge in [0.25, 0.3) is 0 Å². The molecular formula is C4H10N2O3S. The molecule has 1 aliphatic heterocycles. The van der Waals surface area contributed by atoms with Crippen molar-refractivity contribution in [2.24, 2.45) is 5.90 Å². The van der Waals surface area contributed by atoms with E-state index >= 15 is 0 Å². The zero-order valence-electron chi connectivity index (χ0n) is 5.65. The summed E-state index contributed by atoms with van der Waals surface area (Å²) in [5.41, 5.74) is 0. The van der Waals surface area contributed by atoms with E-state index in [1.165, 1.54) is 10.6 Å². The lowest BCUT2D eigenvalue weighted by molar-refractivity contribution is -0.0209. The first-order valence-electron chi connectivity index (χ1n) is 2.84. The lowest BCUT2D eigenvalue weighted by Crippen LogP contribution is -2.55. The van der Waals surface area contributed by atoms with Crippen LogP contribution in [-0.2, 0) is 14.9 Å². The lowest BCUT2D eigenvalue weighted by Gasteiger charge is -2.34. The Hall–Kier alpha value is -0.170. The van der Waals surface area contributed by atoms with Crippen molar-refractivity contribution >= 4 is 10.0 Å².